The number of nitrogens with zero attached hydrogens (tertiary/aromatic N) is 1. The molecule has 20 heavy (non-hydrogen) atoms. The van der Waals surface area contributed by atoms with Crippen LogP contribution in [0.2, 0.25) is 0 Å². The standard InChI is InChI=1S/C13H10F2N2O3/c1-19-13(18)10-6-8(2-3-17-10)20-11-5-7(14)4-9(15)12(11)16/h2-6H,16H2,1H3. The number of pyridine rings is 1. The Hall–Kier alpha value is -2.70. The number of anilines is 1. The zero-order chi connectivity index (χ0) is 14.7. The van der Waals surface area contributed by atoms with Crippen LogP contribution in [-0.4, -0.2) is 18.1 Å². The first-order chi connectivity index (χ1) is 9.51. The van der Waals surface area contributed by atoms with Gasteiger partial charge in [0.05, 0.1) is 7.11 Å². The molecule has 0 amide bonds. The highest BCUT2D eigenvalue weighted by Crippen LogP contribution is 2.30. The second kappa shape index (κ2) is 5.52. The van der Waals surface area contributed by atoms with Crippen molar-refractivity contribution in [3.63, 3.8) is 0 Å². The highest BCUT2D eigenvalue weighted by atomic mass is 19.1. The van der Waals surface area contributed by atoms with E-state index in [1.54, 1.807) is 0 Å². The van der Waals surface area contributed by atoms with Gasteiger partial charge in [-0.2, -0.15) is 0 Å². The molecule has 0 fully saturated rings. The lowest BCUT2D eigenvalue weighted by molar-refractivity contribution is 0.0593. The number of hydrogen-bond donors (Lipinski definition) is 1. The summed E-state index contributed by atoms with van der Waals surface area (Å²) in [5.74, 6) is -2.45. The first kappa shape index (κ1) is 13.7. The van der Waals surface area contributed by atoms with E-state index in [0.29, 0.717) is 6.07 Å². The van der Waals surface area contributed by atoms with Crippen LogP contribution in [0, 0.1) is 11.6 Å². The number of nitrogen functional groups attached to an aromatic ring is 1. The van der Waals surface area contributed by atoms with Gasteiger partial charge in [0.25, 0.3) is 0 Å². The SMILES string of the molecule is COC(=O)c1cc(Oc2cc(F)cc(F)c2N)ccn1. The van der Waals surface area contributed by atoms with E-state index >= 15 is 0 Å². The molecule has 1 aromatic heterocycles. The summed E-state index contributed by atoms with van der Waals surface area (Å²) in [5, 5.41) is 0. The van der Waals surface area contributed by atoms with Crippen molar-refractivity contribution in [3.8, 4) is 11.5 Å². The maximum absolute atomic E-state index is 13.3. The van der Waals surface area contributed by atoms with Crippen molar-refractivity contribution in [2.75, 3.05) is 12.8 Å². The minimum Gasteiger partial charge on any atom is -0.464 e. The van der Waals surface area contributed by atoms with Crippen molar-refractivity contribution in [2.24, 2.45) is 0 Å². The minimum atomic E-state index is -0.928. The summed E-state index contributed by atoms with van der Waals surface area (Å²) in [7, 11) is 1.21. The van der Waals surface area contributed by atoms with Gasteiger partial charge in [-0.05, 0) is 6.07 Å². The van der Waals surface area contributed by atoms with Crippen molar-refractivity contribution in [2.45, 2.75) is 0 Å². The molecule has 0 spiro atoms. The third-order valence-electron chi connectivity index (χ3n) is 2.41. The second-order valence-corrected chi connectivity index (χ2v) is 3.77. The molecule has 2 N–H and O–H groups in total. The summed E-state index contributed by atoms with van der Waals surface area (Å²) in [6.07, 6.45) is 1.30. The van der Waals surface area contributed by atoms with Crippen LogP contribution in [0.4, 0.5) is 14.5 Å². The minimum absolute atomic E-state index is 0.000413. The number of esters is 1. The molecule has 0 atom stereocenters. The van der Waals surface area contributed by atoms with Crippen LogP contribution >= 0.6 is 0 Å². The van der Waals surface area contributed by atoms with Gasteiger partial charge in [-0.3, -0.25) is 0 Å². The monoisotopic (exact) mass is 280 g/mol. The Labute approximate surface area is 112 Å². The lowest BCUT2D eigenvalue weighted by atomic mass is 10.2. The maximum Gasteiger partial charge on any atom is 0.356 e. The van der Waals surface area contributed by atoms with E-state index in [1.807, 2.05) is 0 Å². The average Bonchev–Trinajstić information content (AvgIpc) is 2.43. The molecule has 0 saturated heterocycles. The van der Waals surface area contributed by atoms with Gasteiger partial charge in [-0.25, -0.2) is 18.6 Å². The van der Waals surface area contributed by atoms with Gasteiger partial charge < -0.3 is 15.2 Å². The smallest absolute Gasteiger partial charge is 0.356 e. The molecular formula is C13H10F2N2O3. The van der Waals surface area contributed by atoms with Gasteiger partial charge >= 0.3 is 5.97 Å². The van der Waals surface area contributed by atoms with Gasteiger partial charge in [0.2, 0.25) is 0 Å². The molecule has 0 aliphatic rings. The quantitative estimate of drug-likeness (QED) is 0.690. The number of hydrogen-bond acceptors (Lipinski definition) is 5. The number of halogens is 2. The Morgan fingerprint density at radius 1 is 1.30 bits per heavy atom. The average molecular weight is 280 g/mol. The van der Waals surface area contributed by atoms with Crippen LogP contribution in [-0.2, 0) is 4.74 Å². The van der Waals surface area contributed by atoms with Gasteiger partial charge in [0.1, 0.15) is 17.3 Å². The van der Waals surface area contributed by atoms with Crippen molar-refractivity contribution in [1.29, 1.82) is 0 Å². The number of benzene rings is 1. The third-order valence-corrected chi connectivity index (χ3v) is 2.41. The number of aromatic nitrogens is 1. The first-order valence-electron chi connectivity index (χ1n) is 5.48. The molecule has 0 unspecified atom stereocenters. The Morgan fingerprint density at radius 2 is 2.05 bits per heavy atom. The molecule has 104 valence electrons. The number of carbonyl (C=O) groups excluding carboxylic acids is 1. The molecule has 1 heterocycles. The first-order valence-corrected chi connectivity index (χ1v) is 5.48. The normalized spacial score (nSPS) is 10.2. The predicted molar refractivity (Wildman–Crippen MR) is 66.4 cm³/mol. The van der Waals surface area contributed by atoms with Crippen LogP contribution in [0.15, 0.2) is 30.5 Å². The molecule has 1 aromatic carbocycles. The van der Waals surface area contributed by atoms with E-state index in [-0.39, 0.29) is 22.9 Å². The summed E-state index contributed by atoms with van der Waals surface area (Å²) >= 11 is 0. The van der Waals surface area contributed by atoms with Crippen LogP contribution in [0.3, 0.4) is 0 Å². The molecule has 0 aliphatic carbocycles. The molecular weight excluding hydrogens is 270 g/mol. The fourth-order valence-electron chi connectivity index (χ4n) is 1.46. The van der Waals surface area contributed by atoms with Crippen molar-refractivity contribution in [3.05, 3.63) is 47.8 Å². The molecule has 0 aliphatic heterocycles. The lowest BCUT2D eigenvalue weighted by Gasteiger charge is -2.09. The fourth-order valence-corrected chi connectivity index (χ4v) is 1.46. The van der Waals surface area contributed by atoms with E-state index in [9.17, 15) is 13.6 Å². The van der Waals surface area contributed by atoms with Gasteiger partial charge in [-0.1, -0.05) is 0 Å². The van der Waals surface area contributed by atoms with Gasteiger partial charge in [0, 0.05) is 24.4 Å². The number of nitrogens with two attached hydrogens (primary N) is 1. The van der Waals surface area contributed by atoms with Crippen LogP contribution in [0.5, 0.6) is 11.5 Å². The zero-order valence-corrected chi connectivity index (χ0v) is 10.4. The largest absolute Gasteiger partial charge is 0.464 e. The van der Waals surface area contributed by atoms with Gasteiger partial charge in [0.15, 0.2) is 17.3 Å². The molecule has 2 rings (SSSR count). The Bertz CT molecular complexity index is 662. The lowest BCUT2D eigenvalue weighted by Crippen LogP contribution is -2.04. The third kappa shape index (κ3) is 2.82. The number of methoxy groups -OCH3 is 1. The molecule has 2 aromatic rings. The molecule has 0 saturated carbocycles. The van der Waals surface area contributed by atoms with Crippen molar-refractivity contribution < 1.29 is 23.0 Å². The summed E-state index contributed by atoms with van der Waals surface area (Å²) in [6, 6.07) is 4.27. The van der Waals surface area contributed by atoms with E-state index in [0.717, 1.165) is 6.07 Å². The van der Waals surface area contributed by atoms with Crippen molar-refractivity contribution >= 4 is 11.7 Å². The molecule has 5 nitrogen and oxygen atoms in total. The second-order valence-electron chi connectivity index (χ2n) is 3.77. The maximum atomic E-state index is 13.3. The summed E-state index contributed by atoms with van der Waals surface area (Å²) in [4.78, 5) is 15.1. The summed E-state index contributed by atoms with van der Waals surface area (Å²) in [5.41, 5.74) is 5.12. The van der Waals surface area contributed by atoms with Crippen LogP contribution in [0.1, 0.15) is 10.5 Å². The van der Waals surface area contributed by atoms with Gasteiger partial charge in [-0.15, -0.1) is 0 Å². The van der Waals surface area contributed by atoms with E-state index in [4.69, 9.17) is 10.5 Å². The Morgan fingerprint density at radius 3 is 2.75 bits per heavy atom. The highest BCUT2D eigenvalue weighted by molar-refractivity contribution is 5.87. The Balaban J connectivity index is 2.33. The molecule has 7 heteroatoms. The fraction of sp³-hybridized carbons (Fsp3) is 0.0769. The van der Waals surface area contributed by atoms with E-state index in [2.05, 4.69) is 9.72 Å². The van der Waals surface area contributed by atoms with Crippen molar-refractivity contribution in [1.82, 2.24) is 4.98 Å². The number of carbonyl (C=O) groups is 1. The predicted octanol–water partition coefficient (Wildman–Crippen LogP) is 2.52. The number of ether oxygens (including phenoxy) is 2. The zero-order valence-electron chi connectivity index (χ0n) is 10.4. The topological polar surface area (TPSA) is 74.4 Å². The highest BCUT2D eigenvalue weighted by Gasteiger charge is 2.12. The molecule has 0 radical (unpaired) electrons. The van der Waals surface area contributed by atoms with E-state index < -0.39 is 17.6 Å². The van der Waals surface area contributed by atoms with Crippen LogP contribution in [0.25, 0.3) is 0 Å². The van der Waals surface area contributed by atoms with Crippen LogP contribution < -0.4 is 10.5 Å². The van der Waals surface area contributed by atoms with E-state index in [1.165, 1.54) is 25.4 Å². The summed E-state index contributed by atoms with van der Waals surface area (Å²) in [6.45, 7) is 0. The number of rotatable bonds is 3. The molecule has 0 bridgehead atoms. The Kier molecular flexibility index (Phi) is 3.79. The summed E-state index contributed by atoms with van der Waals surface area (Å²) < 4.78 is 36.1.